The fraction of sp³-hybridized carbons (Fsp3) is 0.600. The first-order valence-corrected chi connectivity index (χ1v) is 9.29. The van der Waals surface area contributed by atoms with Gasteiger partial charge >= 0.3 is 6.03 Å². The number of carbonyl (C=O) groups excluding carboxylic acids is 1. The summed E-state index contributed by atoms with van der Waals surface area (Å²) in [6.07, 6.45) is 4.78. The average Bonchev–Trinajstić information content (AvgIpc) is 2.63. The number of amides is 2. The molecule has 1 N–H and O–H groups in total. The van der Waals surface area contributed by atoms with E-state index in [2.05, 4.69) is 23.2 Å². The van der Waals surface area contributed by atoms with Crippen LogP contribution in [-0.4, -0.2) is 49.1 Å². The standard InChI is InChI=1S/C20H30N4O/c1-17-9-13-24(14-10-17)12-4-3-11-22-20(25)23(2)16-19-7-5-18(15-21)6-8-19/h5-8,17H,3-4,9-14,16H2,1-2H3,(H,22,25). The molecule has 0 radical (unpaired) electrons. The topological polar surface area (TPSA) is 59.4 Å². The van der Waals surface area contributed by atoms with Gasteiger partial charge in [0.1, 0.15) is 0 Å². The van der Waals surface area contributed by atoms with Crippen LogP contribution in [0.4, 0.5) is 4.79 Å². The van der Waals surface area contributed by atoms with E-state index in [1.54, 1.807) is 24.1 Å². The molecule has 0 spiro atoms. The predicted molar refractivity (Wildman–Crippen MR) is 100 cm³/mol. The Kier molecular flexibility index (Phi) is 7.75. The Morgan fingerprint density at radius 3 is 2.60 bits per heavy atom. The van der Waals surface area contributed by atoms with Gasteiger partial charge in [0.25, 0.3) is 0 Å². The Bertz CT molecular complexity index is 570. The highest BCUT2D eigenvalue weighted by Crippen LogP contribution is 2.16. The van der Waals surface area contributed by atoms with Crippen molar-refractivity contribution in [1.29, 1.82) is 5.26 Å². The third-order valence-corrected chi connectivity index (χ3v) is 4.90. The van der Waals surface area contributed by atoms with E-state index >= 15 is 0 Å². The van der Waals surface area contributed by atoms with Gasteiger partial charge in [-0.15, -0.1) is 0 Å². The van der Waals surface area contributed by atoms with Crippen molar-refractivity contribution in [2.45, 2.75) is 39.2 Å². The predicted octanol–water partition coefficient (Wildman–Crippen LogP) is 3.21. The van der Waals surface area contributed by atoms with Gasteiger partial charge in [0.2, 0.25) is 0 Å². The van der Waals surface area contributed by atoms with Crippen LogP contribution >= 0.6 is 0 Å². The van der Waals surface area contributed by atoms with E-state index in [-0.39, 0.29) is 6.03 Å². The number of piperidine rings is 1. The van der Waals surface area contributed by atoms with Crippen molar-refractivity contribution >= 4 is 6.03 Å². The van der Waals surface area contributed by atoms with Gasteiger partial charge in [0.05, 0.1) is 11.6 Å². The SMILES string of the molecule is CC1CCN(CCCCNC(=O)N(C)Cc2ccc(C#N)cc2)CC1. The highest BCUT2D eigenvalue weighted by atomic mass is 16.2. The van der Waals surface area contributed by atoms with Crippen LogP contribution in [0, 0.1) is 17.2 Å². The Hall–Kier alpha value is -2.06. The van der Waals surface area contributed by atoms with E-state index in [1.165, 1.54) is 25.9 Å². The van der Waals surface area contributed by atoms with E-state index in [0.29, 0.717) is 12.1 Å². The molecule has 1 heterocycles. The number of nitrogens with zero attached hydrogens (tertiary/aromatic N) is 3. The molecule has 0 bridgehead atoms. The first-order chi connectivity index (χ1) is 12.1. The van der Waals surface area contributed by atoms with E-state index < -0.39 is 0 Å². The lowest BCUT2D eigenvalue weighted by Crippen LogP contribution is -2.37. The van der Waals surface area contributed by atoms with Crippen molar-refractivity contribution in [1.82, 2.24) is 15.1 Å². The molecule has 5 nitrogen and oxygen atoms in total. The van der Waals surface area contributed by atoms with Gasteiger partial charge in [0.15, 0.2) is 0 Å². The van der Waals surface area contributed by atoms with E-state index in [4.69, 9.17) is 5.26 Å². The summed E-state index contributed by atoms with van der Waals surface area (Å²) in [5.41, 5.74) is 1.66. The second-order valence-electron chi connectivity index (χ2n) is 7.13. The fourth-order valence-corrected chi connectivity index (χ4v) is 3.11. The molecule has 0 aromatic heterocycles. The summed E-state index contributed by atoms with van der Waals surface area (Å²) in [6, 6.07) is 9.40. The zero-order valence-electron chi connectivity index (χ0n) is 15.5. The van der Waals surface area contributed by atoms with Crippen LogP contribution in [0.5, 0.6) is 0 Å². The Labute approximate surface area is 151 Å². The third kappa shape index (κ3) is 6.75. The molecule has 1 fully saturated rings. The highest BCUT2D eigenvalue weighted by Gasteiger charge is 2.14. The lowest BCUT2D eigenvalue weighted by atomic mass is 9.99. The average molecular weight is 342 g/mol. The molecule has 1 aromatic rings. The maximum atomic E-state index is 12.1. The minimum atomic E-state index is -0.0452. The number of hydrogen-bond donors (Lipinski definition) is 1. The molecule has 1 saturated heterocycles. The number of unbranched alkanes of at least 4 members (excludes halogenated alkanes) is 1. The largest absolute Gasteiger partial charge is 0.338 e. The number of benzene rings is 1. The van der Waals surface area contributed by atoms with Crippen molar-refractivity contribution in [3.8, 4) is 6.07 Å². The van der Waals surface area contributed by atoms with E-state index in [9.17, 15) is 4.79 Å². The van der Waals surface area contributed by atoms with Gasteiger partial charge in [0, 0.05) is 20.1 Å². The molecule has 0 unspecified atom stereocenters. The highest BCUT2D eigenvalue weighted by molar-refractivity contribution is 5.73. The minimum Gasteiger partial charge on any atom is -0.338 e. The van der Waals surface area contributed by atoms with Gasteiger partial charge in [-0.3, -0.25) is 0 Å². The van der Waals surface area contributed by atoms with Crippen molar-refractivity contribution < 1.29 is 4.79 Å². The molecule has 136 valence electrons. The van der Waals surface area contributed by atoms with Gasteiger partial charge in [-0.05, 0) is 68.9 Å². The van der Waals surface area contributed by atoms with Crippen LogP contribution in [0.2, 0.25) is 0 Å². The molecule has 0 saturated carbocycles. The van der Waals surface area contributed by atoms with Crippen molar-refractivity contribution in [2.75, 3.05) is 33.2 Å². The maximum absolute atomic E-state index is 12.1. The molecular formula is C20H30N4O. The number of nitriles is 1. The first kappa shape index (κ1) is 19.3. The number of urea groups is 1. The molecule has 0 atom stereocenters. The van der Waals surface area contributed by atoms with Crippen LogP contribution in [0.25, 0.3) is 0 Å². The summed E-state index contributed by atoms with van der Waals surface area (Å²) in [5, 5.41) is 11.8. The van der Waals surface area contributed by atoms with Crippen molar-refractivity contribution in [2.24, 2.45) is 5.92 Å². The van der Waals surface area contributed by atoms with Crippen LogP contribution in [0.3, 0.4) is 0 Å². The van der Waals surface area contributed by atoms with Crippen molar-refractivity contribution in [3.05, 3.63) is 35.4 Å². The van der Waals surface area contributed by atoms with Gasteiger partial charge in [-0.1, -0.05) is 19.1 Å². The van der Waals surface area contributed by atoms with Crippen LogP contribution in [0.1, 0.15) is 43.7 Å². The second kappa shape index (κ2) is 10.0. The number of rotatable bonds is 7. The molecule has 2 rings (SSSR count). The Morgan fingerprint density at radius 1 is 1.28 bits per heavy atom. The molecule has 0 aliphatic carbocycles. The smallest absolute Gasteiger partial charge is 0.317 e. The molecule has 5 heteroatoms. The molecule has 1 aromatic carbocycles. The summed E-state index contributed by atoms with van der Waals surface area (Å²) in [5.74, 6) is 0.877. The normalized spacial score (nSPS) is 15.6. The number of carbonyl (C=O) groups is 1. The first-order valence-electron chi connectivity index (χ1n) is 9.29. The zero-order valence-corrected chi connectivity index (χ0v) is 15.5. The molecule has 1 aliphatic heterocycles. The van der Waals surface area contributed by atoms with Crippen LogP contribution in [-0.2, 0) is 6.54 Å². The fourth-order valence-electron chi connectivity index (χ4n) is 3.11. The molecule has 1 aliphatic rings. The summed E-state index contributed by atoms with van der Waals surface area (Å²) < 4.78 is 0. The van der Waals surface area contributed by atoms with Gasteiger partial charge in [-0.2, -0.15) is 5.26 Å². The van der Waals surface area contributed by atoms with Crippen molar-refractivity contribution in [3.63, 3.8) is 0 Å². The van der Waals surface area contributed by atoms with E-state index in [0.717, 1.165) is 37.4 Å². The molecular weight excluding hydrogens is 312 g/mol. The van der Waals surface area contributed by atoms with Crippen LogP contribution < -0.4 is 5.32 Å². The molecule has 2 amide bonds. The summed E-state index contributed by atoms with van der Waals surface area (Å²) in [4.78, 5) is 16.3. The zero-order chi connectivity index (χ0) is 18.1. The summed E-state index contributed by atoms with van der Waals surface area (Å²) in [6.45, 7) is 7.19. The Morgan fingerprint density at radius 2 is 1.96 bits per heavy atom. The minimum absolute atomic E-state index is 0.0452. The van der Waals surface area contributed by atoms with Crippen LogP contribution in [0.15, 0.2) is 24.3 Å². The second-order valence-corrected chi connectivity index (χ2v) is 7.13. The lowest BCUT2D eigenvalue weighted by molar-refractivity contribution is 0.188. The number of hydrogen-bond acceptors (Lipinski definition) is 3. The summed E-state index contributed by atoms with van der Waals surface area (Å²) in [7, 11) is 1.79. The number of likely N-dealkylation sites (tertiary alicyclic amines) is 1. The maximum Gasteiger partial charge on any atom is 0.317 e. The molecule has 25 heavy (non-hydrogen) atoms. The summed E-state index contributed by atoms with van der Waals surface area (Å²) >= 11 is 0. The van der Waals surface area contributed by atoms with E-state index in [1.807, 2.05) is 12.1 Å². The number of nitrogens with one attached hydrogen (secondary N) is 1. The lowest BCUT2D eigenvalue weighted by Gasteiger charge is -2.30. The van der Waals surface area contributed by atoms with Gasteiger partial charge < -0.3 is 15.1 Å². The van der Waals surface area contributed by atoms with Gasteiger partial charge in [-0.25, -0.2) is 4.79 Å². The third-order valence-electron chi connectivity index (χ3n) is 4.90. The Balaban J connectivity index is 1.58. The monoisotopic (exact) mass is 342 g/mol. The quantitative estimate of drug-likeness (QED) is 0.774.